The first kappa shape index (κ1) is 18.7. The lowest BCUT2D eigenvalue weighted by Gasteiger charge is -2.15. The van der Waals surface area contributed by atoms with Crippen LogP contribution in [0.4, 0.5) is 10.6 Å². The van der Waals surface area contributed by atoms with Crippen molar-refractivity contribution in [3.63, 3.8) is 0 Å². The van der Waals surface area contributed by atoms with E-state index in [0.717, 1.165) is 26.8 Å². The molecule has 0 saturated heterocycles. The number of amides is 1. The Hall–Kier alpha value is -4.27. The monoisotopic (exact) mass is 415 g/mol. The molecule has 0 fully saturated rings. The molecule has 9 heteroatoms. The highest BCUT2D eigenvalue weighted by atomic mass is 16.5. The van der Waals surface area contributed by atoms with Crippen LogP contribution in [-0.2, 0) is 4.74 Å². The maximum atomic E-state index is 12.6. The molecule has 9 nitrogen and oxygen atoms in total. The number of carboxylic acids is 1. The second kappa shape index (κ2) is 7.21. The summed E-state index contributed by atoms with van der Waals surface area (Å²) in [5.74, 6) is -1.22. The van der Waals surface area contributed by atoms with Gasteiger partial charge in [-0.1, -0.05) is 48.5 Å². The summed E-state index contributed by atoms with van der Waals surface area (Å²) in [6.45, 7) is 1.63. The third kappa shape index (κ3) is 3.07. The molecule has 2 aromatic carbocycles. The van der Waals surface area contributed by atoms with Gasteiger partial charge < -0.3 is 9.84 Å². The van der Waals surface area contributed by atoms with Crippen LogP contribution in [0.25, 0.3) is 16.9 Å². The molecule has 4 aromatic rings. The first-order valence-electron chi connectivity index (χ1n) is 9.60. The number of aryl methyl sites for hydroxylation is 1. The number of carbonyl (C=O) groups is 2. The number of fused-ring (bicyclic) bond motifs is 4. The number of ether oxygens (including phenoxy) is 1. The fourth-order valence-corrected chi connectivity index (χ4v) is 4.06. The SMILES string of the molecule is Cc1nc2ncnn2c(NC(=O)OCC2c3ccccc3-c3ccccc32)c1C(=O)O. The van der Waals surface area contributed by atoms with Crippen LogP contribution in [0.5, 0.6) is 0 Å². The van der Waals surface area contributed by atoms with Crippen molar-refractivity contribution in [1.82, 2.24) is 19.6 Å². The van der Waals surface area contributed by atoms with E-state index in [9.17, 15) is 14.7 Å². The van der Waals surface area contributed by atoms with Gasteiger partial charge in [0, 0.05) is 5.92 Å². The maximum Gasteiger partial charge on any atom is 0.412 e. The molecule has 154 valence electrons. The normalized spacial score (nSPS) is 12.4. The molecule has 0 aliphatic heterocycles. The van der Waals surface area contributed by atoms with Gasteiger partial charge in [-0.25, -0.2) is 14.6 Å². The van der Waals surface area contributed by atoms with Gasteiger partial charge in [-0.15, -0.1) is 0 Å². The number of hydrogen-bond acceptors (Lipinski definition) is 6. The van der Waals surface area contributed by atoms with Gasteiger partial charge in [0.1, 0.15) is 18.5 Å². The molecule has 1 aliphatic rings. The topological polar surface area (TPSA) is 119 Å². The highest BCUT2D eigenvalue weighted by Crippen LogP contribution is 2.44. The average molecular weight is 415 g/mol. The van der Waals surface area contributed by atoms with Gasteiger partial charge in [-0.3, -0.25) is 5.32 Å². The van der Waals surface area contributed by atoms with Crippen LogP contribution in [0.2, 0.25) is 0 Å². The summed E-state index contributed by atoms with van der Waals surface area (Å²) in [6.07, 6.45) is 0.447. The Bertz CT molecular complexity index is 1300. The van der Waals surface area contributed by atoms with E-state index in [-0.39, 0.29) is 35.4 Å². The summed E-state index contributed by atoms with van der Waals surface area (Å²) in [6, 6.07) is 16.0. The Morgan fingerprint density at radius 2 is 1.74 bits per heavy atom. The highest BCUT2D eigenvalue weighted by molar-refractivity contribution is 5.98. The summed E-state index contributed by atoms with van der Waals surface area (Å²) in [7, 11) is 0. The van der Waals surface area contributed by atoms with Crippen molar-refractivity contribution in [2.75, 3.05) is 11.9 Å². The minimum absolute atomic E-state index is 0.0512. The minimum Gasteiger partial charge on any atom is -0.477 e. The molecule has 5 rings (SSSR count). The van der Waals surface area contributed by atoms with E-state index in [0.29, 0.717) is 0 Å². The Labute approximate surface area is 176 Å². The molecule has 31 heavy (non-hydrogen) atoms. The van der Waals surface area contributed by atoms with Crippen molar-refractivity contribution in [3.8, 4) is 11.1 Å². The van der Waals surface area contributed by atoms with Crippen LogP contribution in [0.15, 0.2) is 54.9 Å². The molecule has 0 spiro atoms. The summed E-state index contributed by atoms with van der Waals surface area (Å²) in [5.41, 5.74) is 4.44. The average Bonchev–Trinajstić information content (AvgIpc) is 3.34. The summed E-state index contributed by atoms with van der Waals surface area (Å²) < 4.78 is 6.68. The van der Waals surface area contributed by atoms with Gasteiger partial charge in [0.15, 0.2) is 5.82 Å². The van der Waals surface area contributed by atoms with Crippen molar-refractivity contribution >= 4 is 23.7 Å². The van der Waals surface area contributed by atoms with E-state index >= 15 is 0 Å². The number of aromatic carboxylic acids is 1. The Balaban J connectivity index is 1.41. The molecule has 1 aliphatic carbocycles. The lowest BCUT2D eigenvalue weighted by molar-refractivity contribution is 0.0696. The summed E-state index contributed by atoms with van der Waals surface area (Å²) in [5, 5.41) is 16.1. The maximum absolute atomic E-state index is 12.6. The van der Waals surface area contributed by atoms with Crippen molar-refractivity contribution in [2.45, 2.75) is 12.8 Å². The van der Waals surface area contributed by atoms with E-state index in [1.54, 1.807) is 0 Å². The van der Waals surface area contributed by atoms with E-state index in [4.69, 9.17) is 4.74 Å². The number of nitrogens with one attached hydrogen (secondary N) is 1. The fourth-order valence-electron chi connectivity index (χ4n) is 4.06. The Kier molecular flexibility index (Phi) is 4.36. The molecule has 0 saturated carbocycles. The first-order chi connectivity index (χ1) is 15.0. The van der Waals surface area contributed by atoms with E-state index in [2.05, 4.69) is 32.5 Å². The zero-order valence-electron chi connectivity index (χ0n) is 16.4. The number of anilines is 1. The highest BCUT2D eigenvalue weighted by Gasteiger charge is 2.29. The Morgan fingerprint density at radius 1 is 1.10 bits per heavy atom. The number of nitrogens with zero attached hydrogens (tertiary/aromatic N) is 4. The van der Waals surface area contributed by atoms with Crippen LogP contribution in [0, 0.1) is 6.92 Å². The second-order valence-corrected chi connectivity index (χ2v) is 7.15. The number of aromatic nitrogens is 4. The first-order valence-corrected chi connectivity index (χ1v) is 9.60. The lowest BCUT2D eigenvalue weighted by Crippen LogP contribution is -2.22. The molecule has 0 bridgehead atoms. The zero-order valence-corrected chi connectivity index (χ0v) is 16.4. The number of hydrogen-bond donors (Lipinski definition) is 2. The second-order valence-electron chi connectivity index (χ2n) is 7.15. The Morgan fingerprint density at radius 3 is 2.39 bits per heavy atom. The molecule has 0 radical (unpaired) electrons. The number of carboxylic acid groups (broad SMARTS) is 1. The van der Waals surface area contributed by atoms with Gasteiger partial charge in [-0.05, 0) is 29.2 Å². The molecular weight excluding hydrogens is 398 g/mol. The minimum atomic E-state index is -1.24. The van der Waals surface area contributed by atoms with E-state index in [1.807, 2.05) is 36.4 Å². The molecule has 2 aromatic heterocycles. The third-order valence-electron chi connectivity index (χ3n) is 5.39. The van der Waals surface area contributed by atoms with Crippen molar-refractivity contribution < 1.29 is 19.4 Å². The standard InChI is InChI=1S/C22H17N5O4/c1-12-18(20(28)29)19(27-21(25-12)23-11-24-27)26-22(30)31-10-17-15-8-4-2-6-13(15)14-7-3-5-9-16(14)17/h2-9,11,17H,10H2,1H3,(H,26,30)(H,28,29). The van der Waals surface area contributed by atoms with Crippen LogP contribution in [0.3, 0.4) is 0 Å². The van der Waals surface area contributed by atoms with Crippen LogP contribution in [-0.4, -0.2) is 43.4 Å². The fraction of sp³-hybridized carbons (Fsp3) is 0.136. The van der Waals surface area contributed by atoms with Crippen molar-refractivity contribution in [1.29, 1.82) is 0 Å². The molecule has 0 atom stereocenters. The summed E-state index contributed by atoms with van der Waals surface area (Å²) in [4.78, 5) is 32.4. The quantitative estimate of drug-likeness (QED) is 0.524. The van der Waals surface area contributed by atoms with Crippen LogP contribution >= 0.6 is 0 Å². The summed E-state index contributed by atoms with van der Waals surface area (Å²) >= 11 is 0. The van der Waals surface area contributed by atoms with E-state index < -0.39 is 12.1 Å². The predicted octanol–water partition coefficient (Wildman–Crippen LogP) is 3.49. The largest absolute Gasteiger partial charge is 0.477 e. The number of benzene rings is 2. The zero-order chi connectivity index (χ0) is 21.5. The lowest BCUT2D eigenvalue weighted by atomic mass is 9.98. The third-order valence-corrected chi connectivity index (χ3v) is 5.39. The number of rotatable bonds is 4. The van der Waals surface area contributed by atoms with Crippen molar-refractivity contribution in [2.24, 2.45) is 0 Å². The predicted molar refractivity (Wildman–Crippen MR) is 111 cm³/mol. The van der Waals surface area contributed by atoms with Crippen LogP contribution < -0.4 is 5.32 Å². The molecule has 1 amide bonds. The van der Waals surface area contributed by atoms with Gasteiger partial charge in [0.2, 0.25) is 0 Å². The van der Waals surface area contributed by atoms with E-state index in [1.165, 1.54) is 13.3 Å². The molecular formula is C22H17N5O4. The van der Waals surface area contributed by atoms with Gasteiger partial charge in [-0.2, -0.15) is 14.6 Å². The smallest absolute Gasteiger partial charge is 0.412 e. The van der Waals surface area contributed by atoms with Crippen LogP contribution in [0.1, 0.15) is 33.1 Å². The van der Waals surface area contributed by atoms with Gasteiger partial charge in [0.25, 0.3) is 5.78 Å². The number of carbonyl (C=O) groups excluding carboxylic acids is 1. The molecule has 2 heterocycles. The van der Waals surface area contributed by atoms with Crippen molar-refractivity contribution in [3.05, 3.63) is 77.2 Å². The van der Waals surface area contributed by atoms with Gasteiger partial charge >= 0.3 is 12.1 Å². The van der Waals surface area contributed by atoms with Gasteiger partial charge in [0.05, 0.1) is 5.69 Å². The molecule has 0 unspecified atom stereocenters. The molecule has 2 N–H and O–H groups in total.